The molecule has 1 heterocycles. The minimum absolute atomic E-state index is 0.0230. The van der Waals surface area contributed by atoms with Crippen LogP contribution in [0.25, 0.3) is 0 Å². The fourth-order valence-electron chi connectivity index (χ4n) is 1.27. The molecule has 1 rings (SSSR count). The van der Waals surface area contributed by atoms with E-state index >= 15 is 0 Å². The Balaban J connectivity index is 2.50. The van der Waals surface area contributed by atoms with E-state index in [4.69, 9.17) is 9.84 Å². The van der Waals surface area contributed by atoms with Crippen molar-refractivity contribution in [3.05, 3.63) is 24.0 Å². The molecule has 1 unspecified atom stereocenters. The molecule has 1 aromatic heterocycles. The molecule has 1 aromatic rings. The Morgan fingerprint density at radius 2 is 2.29 bits per heavy atom. The summed E-state index contributed by atoms with van der Waals surface area (Å²) in [4.78, 5) is 4.04. The normalized spacial score (nSPS) is 12.5. The Bertz CT molecular complexity index is 258. The lowest BCUT2D eigenvalue weighted by Gasteiger charge is -2.13. The number of hydrogen-bond donors (Lipinski definition) is 1. The van der Waals surface area contributed by atoms with Gasteiger partial charge in [0, 0.05) is 0 Å². The highest BCUT2D eigenvalue weighted by molar-refractivity contribution is 5.19. The van der Waals surface area contributed by atoms with Crippen molar-refractivity contribution in [1.82, 2.24) is 4.98 Å². The minimum atomic E-state index is -0.0230. The van der Waals surface area contributed by atoms with Gasteiger partial charge in [0.1, 0.15) is 5.75 Å². The van der Waals surface area contributed by atoms with E-state index in [-0.39, 0.29) is 12.7 Å². The molecule has 14 heavy (non-hydrogen) atoms. The Morgan fingerprint density at radius 1 is 1.50 bits per heavy atom. The number of hydrogen-bond acceptors (Lipinski definition) is 3. The highest BCUT2D eigenvalue weighted by atomic mass is 16.5. The summed E-state index contributed by atoms with van der Waals surface area (Å²) in [6, 6.07) is 3.61. The molecule has 78 valence electrons. The average molecular weight is 195 g/mol. The number of ether oxygens (including phenoxy) is 1. The maximum atomic E-state index is 8.79. The molecular weight excluding hydrogens is 178 g/mol. The average Bonchev–Trinajstić information content (AvgIpc) is 2.19. The van der Waals surface area contributed by atoms with Gasteiger partial charge in [0.25, 0.3) is 0 Å². The van der Waals surface area contributed by atoms with E-state index in [2.05, 4.69) is 11.9 Å². The Morgan fingerprint density at radius 3 is 2.79 bits per heavy atom. The van der Waals surface area contributed by atoms with Crippen molar-refractivity contribution in [1.29, 1.82) is 0 Å². The first-order valence-electron chi connectivity index (χ1n) is 4.98. The van der Waals surface area contributed by atoms with E-state index in [1.807, 2.05) is 13.0 Å². The topological polar surface area (TPSA) is 42.4 Å². The van der Waals surface area contributed by atoms with E-state index in [0.29, 0.717) is 5.69 Å². The summed E-state index contributed by atoms with van der Waals surface area (Å²) in [5.74, 6) is 0.767. The Labute approximate surface area is 84.7 Å². The molecule has 0 spiro atoms. The van der Waals surface area contributed by atoms with E-state index in [9.17, 15) is 0 Å². The summed E-state index contributed by atoms with van der Waals surface area (Å²) in [6.07, 6.45) is 4.03. The predicted molar refractivity (Wildman–Crippen MR) is 55.2 cm³/mol. The maximum Gasteiger partial charge on any atom is 0.138 e. The van der Waals surface area contributed by atoms with E-state index < -0.39 is 0 Å². The van der Waals surface area contributed by atoms with Crippen LogP contribution in [0.4, 0.5) is 0 Å². The third kappa shape index (κ3) is 3.34. The van der Waals surface area contributed by atoms with Crippen LogP contribution in [-0.2, 0) is 6.61 Å². The van der Waals surface area contributed by atoms with Gasteiger partial charge in [0.05, 0.1) is 24.6 Å². The zero-order valence-corrected chi connectivity index (χ0v) is 8.73. The standard InChI is InChI=1S/C11H17NO2/c1-3-4-9(2)14-11-6-5-10(8-13)12-7-11/h5-7,9,13H,3-4,8H2,1-2H3. The van der Waals surface area contributed by atoms with Gasteiger partial charge in [-0.05, 0) is 25.5 Å². The van der Waals surface area contributed by atoms with Crippen LogP contribution in [0.1, 0.15) is 32.4 Å². The van der Waals surface area contributed by atoms with Crippen LogP contribution in [0.15, 0.2) is 18.3 Å². The first-order valence-corrected chi connectivity index (χ1v) is 4.98. The van der Waals surface area contributed by atoms with Crippen molar-refractivity contribution in [3.8, 4) is 5.75 Å². The Hall–Kier alpha value is -1.09. The Kier molecular flexibility index (Phi) is 4.40. The lowest BCUT2D eigenvalue weighted by Crippen LogP contribution is -2.11. The number of pyridine rings is 1. The molecule has 0 aromatic carbocycles. The number of aromatic nitrogens is 1. The molecule has 0 saturated heterocycles. The molecule has 3 nitrogen and oxygen atoms in total. The summed E-state index contributed by atoms with van der Waals surface area (Å²) in [5.41, 5.74) is 0.667. The molecule has 0 aliphatic carbocycles. The van der Waals surface area contributed by atoms with Gasteiger partial charge in [0.15, 0.2) is 0 Å². The van der Waals surface area contributed by atoms with Crippen molar-refractivity contribution in [3.63, 3.8) is 0 Å². The monoisotopic (exact) mass is 195 g/mol. The number of rotatable bonds is 5. The number of aliphatic hydroxyl groups is 1. The van der Waals surface area contributed by atoms with Crippen LogP contribution in [0.5, 0.6) is 5.75 Å². The van der Waals surface area contributed by atoms with Crippen LogP contribution in [0.3, 0.4) is 0 Å². The van der Waals surface area contributed by atoms with Gasteiger partial charge < -0.3 is 9.84 Å². The van der Waals surface area contributed by atoms with Gasteiger partial charge in [0.2, 0.25) is 0 Å². The lowest BCUT2D eigenvalue weighted by atomic mass is 10.2. The summed E-state index contributed by atoms with van der Waals surface area (Å²) in [7, 11) is 0. The molecule has 1 atom stereocenters. The van der Waals surface area contributed by atoms with Crippen molar-refractivity contribution in [2.75, 3.05) is 0 Å². The first kappa shape index (κ1) is 11.0. The first-order chi connectivity index (χ1) is 6.76. The second-order valence-electron chi connectivity index (χ2n) is 3.36. The van der Waals surface area contributed by atoms with Gasteiger partial charge in [-0.15, -0.1) is 0 Å². The molecule has 0 radical (unpaired) electrons. The van der Waals surface area contributed by atoms with Gasteiger partial charge >= 0.3 is 0 Å². The zero-order valence-electron chi connectivity index (χ0n) is 8.73. The van der Waals surface area contributed by atoms with Crippen molar-refractivity contribution in [2.24, 2.45) is 0 Å². The molecule has 0 saturated carbocycles. The largest absolute Gasteiger partial charge is 0.489 e. The predicted octanol–water partition coefficient (Wildman–Crippen LogP) is 2.14. The molecule has 1 N–H and O–H groups in total. The van der Waals surface area contributed by atoms with Gasteiger partial charge in [-0.1, -0.05) is 13.3 Å². The van der Waals surface area contributed by atoms with E-state index in [0.717, 1.165) is 18.6 Å². The smallest absolute Gasteiger partial charge is 0.138 e. The van der Waals surface area contributed by atoms with Crippen LogP contribution in [0, 0.1) is 0 Å². The quantitative estimate of drug-likeness (QED) is 0.782. The molecule has 3 heteroatoms. The second-order valence-corrected chi connectivity index (χ2v) is 3.36. The lowest BCUT2D eigenvalue weighted by molar-refractivity contribution is 0.208. The van der Waals surface area contributed by atoms with Crippen LogP contribution in [-0.4, -0.2) is 16.2 Å². The van der Waals surface area contributed by atoms with Crippen LogP contribution >= 0.6 is 0 Å². The van der Waals surface area contributed by atoms with E-state index in [1.54, 1.807) is 12.3 Å². The highest BCUT2D eigenvalue weighted by Crippen LogP contribution is 2.13. The SMILES string of the molecule is CCCC(C)Oc1ccc(CO)nc1. The molecule has 0 fully saturated rings. The summed E-state index contributed by atoms with van der Waals surface area (Å²) in [6.45, 7) is 4.15. The molecular formula is C11H17NO2. The minimum Gasteiger partial charge on any atom is -0.489 e. The molecule has 0 aliphatic heterocycles. The van der Waals surface area contributed by atoms with Gasteiger partial charge in [-0.2, -0.15) is 0 Å². The third-order valence-electron chi connectivity index (χ3n) is 1.99. The number of nitrogens with zero attached hydrogens (tertiary/aromatic N) is 1. The summed E-state index contributed by atoms with van der Waals surface area (Å²) in [5, 5.41) is 8.79. The fourth-order valence-corrected chi connectivity index (χ4v) is 1.27. The molecule has 0 aliphatic rings. The third-order valence-corrected chi connectivity index (χ3v) is 1.99. The van der Waals surface area contributed by atoms with Gasteiger partial charge in [-0.3, -0.25) is 4.98 Å². The van der Waals surface area contributed by atoms with E-state index in [1.165, 1.54) is 0 Å². The van der Waals surface area contributed by atoms with Crippen molar-refractivity contribution < 1.29 is 9.84 Å². The van der Waals surface area contributed by atoms with Crippen LogP contribution < -0.4 is 4.74 Å². The fraction of sp³-hybridized carbons (Fsp3) is 0.545. The second kappa shape index (κ2) is 5.60. The van der Waals surface area contributed by atoms with Crippen molar-refractivity contribution in [2.45, 2.75) is 39.4 Å². The van der Waals surface area contributed by atoms with Gasteiger partial charge in [-0.25, -0.2) is 0 Å². The zero-order chi connectivity index (χ0) is 10.4. The van der Waals surface area contributed by atoms with Crippen LogP contribution in [0.2, 0.25) is 0 Å². The summed E-state index contributed by atoms with van der Waals surface area (Å²) >= 11 is 0. The maximum absolute atomic E-state index is 8.79. The molecule has 0 amide bonds. The number of aliphatic hydroxyl groups excluding tert-OH is 1. The highest BCUT2D eigenvalue weighted by Gasteiger charge is 2.02. The molecule has 0 bridgehead atoms. The summed E-state index contributed by atoms with van der Waals surface area (Å²) < 4.78 is 5.61. The van der Waals surface area contributed by atoms with Crippen molar-refractivity contribution >= 4 is 0 Å².